The number of hydrogen-bond donors (Lipinski definition) is 1. The van der Waals surface area contributed by atoms with Gasteiger partial charge in [-0.2, -0.15) is 0 Å². The Morgan fingerprint density at radius 3 is 2.39 bits per heavy atom. The van der Waals surface area contributed by atoms with Crippen molar-refractivity contribution in [3.8, 4) is 0 Å². The van der Waals surface area contributed by atoms with Crippen molar-refractivity contribution in [3.05, 3.63) is 63.4 Å². The van der Waals surface area contributed by atoms with Gasteiger partial charge in [0.15, 0.2) is 6.10 Å². The Morgan fingerprint density at radius 2 is 1.82 bits per heavy atom. The van der Waals surface area contributed by atoms with Crippen LogP contribution in [0.25, 0.3) is 0 Å². The number of carbonyl (C=O) groups excluding carboxylic acids is 3. The number of ether oxygens (including phenoxy) is 1. The molecule has 0 spiro atoms. The van der Waals surface area contributed by atoms with E-state index in [9.17, 15) is 14.4 Å². The van der Waals surface area contributed by atoms with E-state index in [2.05, 4.69) is 10.3 Å². The maximum absolute atomic E-state index is 12.6. The van der Waals surface area contributed by atoms with Crippen LogP contribution in [-0.2, 0) is 16.0 Å². The molecule has 148 valence electrons. The number of hydrogen-bond acceptors (Lipinski definition) is 5. The van der Waals surface area contributed by atoms with Gasteiger partial charge < -0.3 is 10.1 Å². The van der Waals surface area contributed by atoms with Gasteiger partial charge in [-0.15, -0.1) is 0 Å². The van der Waals surface area contributed by atoms with Crippen molar-refractivity contribution in [1.29, 1.82) is 0 Å². The van der Waals surface area contributed by atoms with Gasteiger partial charge in [0.1, 0.15) is 5.15 Å². The number of ketones is 1. The number of esters is 1. The number of benzene rings is 1. The molecule has 28 heavy (non-hydrogen) atoms. The predicted molar refractivity (Wildman–Crippen MR) is 107 cm³/mol. The molecular weight excluding hydrogens is 380 g/mol. The minimum Gasteiger partial charge on any atom is -0.451 e. The first-order valence-corrected chi connectivity index (χ1v) is 9.29. The number of carbonyl (C=O) groups is 3. The molecule has 1 amide bonds. The minimum atomic E-state index is -0.963. The largest absolute Gasteiger partial charge is 0.451 e. The Hall–Kier alpha value is -2.73. The van der Waals surface area contributed by atoms with Crippen molar-refractivity contribution in [1.82, 2.24) is 10.3 Å². The Morgan fingerprint density at radius 1 is 1.18 bits per heavy atom. The van der Waals surface area contributed by atoms with E-state index < -0.39 is 12.1 Å². The van der Waals surface area contributed by atoms with Crippen molar-refractivity contribution in [2.45, 2.75) is 40.2 Å². The van der Waals surface area contributed by atoms with Crippen LogP contribution in [0.4, 0.5) is 0 Å². The standard InChI is InChI=1S/C21H23ClN2O4/c1-12-11-13(2)24-20(22)18(12)21(27)28-14(3)19(26)17-7-5-16(6-8-17)9-10-23-15(4)25/h5-8,11,14H,9-10H2,1-4H3,(H,23,25)/t14-/m1/s1. The molecular formula is C21H23ClN2O4. The summed E-state index contributed by atoms with van der Waals surface area (Å²) in [6.07, 6.45) is -0.300. The van der Waals surface area contributed by atoms with Gasteiger partial charge in [-0.05, 0) is 44.4 Å². The second kappa shape index (κ2) is 9.46. The molecule has 0 fully saturated rings. The summed E-state index contributed by atoms with van der Waals surface area (Å²) in [4.78, 5) is 40.0. The van der Waals surface area contributed by atoms with E-state index >= 15 is 0 Å². The molecule has 7 heteroatoms. The van der Waals surface area contributed by atoms with Gasteiger partial charge in [-0.3, -0.25) is 9.59 Å². The number of aromatic nitrogens is 1. The summed E-state index contributed by atoms with van der Waals surface area (Å²) in [5.74, 6) is -1.07. The topological polar surface area (TPSA) is 85.4 Å². The zero-order valence-electron chi connectivity index (χ0n) is 16.3. The van der Waals surface area contributed by atoms with Crippen LogP contribution in [0.5, 0.6) is 0 Å². The maximum Gasteiger partial charge on any atom is 0.342 e. The molecule has 1 atom stereocenters. The van der Waals surface area contributed by atoms with Crippen LogP contribution < -0.4 is 5.32 Å². The molecule has 6 nitrogen and oxygen atoms in total. The van der Waals surface area contributed by atoms with Gasteiger partial charge in [0.2, 0.25) is 11.7 Å². The number of nitrogens with one attached hydrogen (secondary N) is 1. The van der Waals surface area contributed by atoms with E-state index in [0.717, 1.165) is 5.56 Å². The van der Waals surface area contributed by atoms with Crippen LogP contribution in [0.2, 0.25) is 5.15 Å². The second-order valence-corrected chi connectivity index (χ2v) is 6.95. The van der Waals surface area contributed by atoms with Crippen molar-refractivity contribution >= 4 is 29.3 Å². The number of Topliss-reactive ketones (excluding diaryl/α,β-unsaturated/α-hetero) is 1. The zero-order chi connectivity index (χ0) is 20.8. The van der Waals surface area contributed by atoms with Gasteiger partial charge in [-0.1, -0.05) is 35.9 Å². The van der Waals surface area contributed by atoms with E-state index in [4.69, 9.17) is 16.3 Å². The van der Waals surface area contributed by atoms with E-state index in [1.165, 1.54) is 13.8 Å². The van der Waals surface area contributed by atoms with Gasteiger partial charge in [0.25, 0.3) is 0 Å². The number of amides is 1. The third-order valence-corrected chi connectivity index (χ3v) is 4.46. The fraction of sp³-hybridized carbons (Fsp3) is 0.333. The number of halogens is 1. The molecule has 0 radical (unpaired) electrons. The lowest BCUT2D eigenvalue weighted by Gasteiger charge is -2.14. The first-order chi connectivity index (χ1) is 13.2. The number of nitrogens with zero attached hydrogens (tertiary/aromatic N) is 1. The summed E-state index contributed by atoms with van der Waals surface area (Å²) < 4.78 is 5.32. The molecule has 0 unspecified atom stereocenters. The number of pyridine rings is 1. The van der Waals surface area contributed by atoms with E-state index in [1.54, 1.807) is 32.0 Å². The van der Waals surface area contributed by atoms with Crippen LogP contribution in [-0.4, -0.2) is 35.3 Å². The summed E-state index contributed by atoms with van der Waals surface area (Å²) in [6, 6.07) is 8.72. The summed E-state index contributed by atoms with van der Waals surface area (Å²) >= 11 is 6.07. The van der Waals surface area contributed by atoms with E-state index in [1.807, 2.05) is 12.1 Å². The SMILES string of the molecule is CC(=O)NCCc1ccc(C(=O)[C@@H](C)OC(=O)c2c(C)cc(C)nc2Cl)cc1. The lowest BCUT2D eigenvalue weighted by atomic mass is 10.0. The summed E-state index contributed by atoms with van der Waals surface area (Å²) in [7, 11) is 0. The lowest BCUT2D eigenvalue weighted by molar-refractivity contribution is -0.118. The van der Waals surface area contributed by atoms with E-state index in [0.29, 0.717) is 29.8 Å². The van der Waals surface area contributed by atoms with Crippen LogP contribution in [0.15, 0.2) is 30.3 Å². The lowest BCUT2D eigenvalue weighted by Crippen LogP contribution is -2.25. The molecule has 0 bridgehead atoms. The molecule has 2 aromatic rings. The van der Waals surface area contributed by atoms with Gasteiger partial charge in [-0.25, -0.2) is 9.78 Å². The molecule has 1 aromatic heterocycles. The molecule has 0 saturated heterocycles. The smallest absolute Gasteiger partial charge is 0.342 e. The Bertz CT molecular complexity index is 871. The Kier molecular flexibility index (Phi) is 7.29. The highest BCUT2D eigenvalue weighted by atomic mass is 35.5. The summed E-state index contributed by atoms with van der Waals surface area (Å²) in [5.41, 5.74) is 2.93. The molecule has 1 N–H and O–H groups in total. The third-order valence-electron chi connectivity index (χ3n) is 4.18. The number of rotatable bonds is 7. The molecule has 0 aliphatic rings. The minimum absolute atomic E-state index is 0.0608. The predicted octanol–water partition coefficient (Wildman–Crippen LogP) is 3.46. The van der Waals surface area contributed by atoms with Crippen molar-refractivity contribution in [2.24, 2.45) is 0 Å². The molecule has 0 aliphatic heterocycles. The zero-order valence-corrected chi connectivity index (χ0v) is 17.1. The average Bonchev–Trinajstić information content (AvgIpc) is 2.60. The van der Waals surface area contributed by atoms with Crippen LogP contribution >= 0.6 is 11.6 Å². The first-order valence-electron chi connectivity index (χ1n) is 8.91. The second-order valence-electron chi connectivity index (χ2n) is 6.59. The maximum atomic E-state index is 12.6. The molecule has 0 saturated carbocycles. The Balaban J connectivity index is 2.02. The molecule has 0 aliphatic carbocycles. The fourth-order valence-corrected chi connectivity index (χ4v) is 3.12. The number of aryl methyl sites for hydroxylation is 2. The molecule has 1 aromatic carbocycles. The monoisotopic (exact) mass is 402 g/mol. The summed E-state index contributed by atoms with van der Waals surface area (Å²) in [5, 5.41) is 2.78. The molecule has 1 heterocycles. The van der Waals surface area contributed by atoms with Crippen LogP contribution in [0.3, 0.4) is 0 Å². The van der Waals surface area contributed by atoms with Crippen molar-refractivity contribution in [2.75, 3.05) is 6.54 Å². The van der Waals surface area contributed by atoms with Crippen LogP contribution in [0, 0.1) is 13.8 Å². The van der Waals surface area contributed by atoms with Crippen molar-refractivity contribution in [3.63, 3.8) is 0 Å². The third kappa shape index (κ3) is 5.63. The highest BCUT2D eigenvalue weighted by Gasteiger charge is 2.23. The van der Waals surface area contributed by atoms with Crippen molar-refractivity contribution < 1.29 is 19.1 Å². The van der Waals surface area contributed by atoms with Gasteiger partial charge >= 0.3 is 5.97 Å². The quantitative estimate of drug-likeness (QED) is 0.435. The highest BCUT2D eigenvalue weighted by molar-refractivity contribution is 6.32. The van der Waals surface area contributed by atoms with E-state index in [-0.39, 0.29) is 22.4 Å². The highest BCUT2D eigenvalue weighted by Crippen LogP contribution is 2.21. The Labute approximate surface area is 169 Å². The average molecular weight is 403 g/mol. The van der Waals surface area contributed by atoms with Gasteiger partial charge in [0, 0.05) is 24.7 Å². The normalized spacial score (nSPS) is 11.6. The van der Waals surface area contributed by atoms with Gasteiger partial charge in [0.05, 0.1) is 5.56 Å². The summed E-state index contributed by atoms with van der Waals surface area (Å²) in [6.45, 7) is 7.03. The first kappa shape index (κ1) is 21.6. The molecule has 2 rings (SSSR count). The van der Waals surface area contributed by atoms with Crippen LogP contribution in [0.1, 0.15) is 51.4 Å². The fourth-order valence-electron chi connectivity index (χ4n) is 2.76.